The second-order valence-corrected chi connectivity index (χ2v) is 6.18. The van der Waals surface area contributed by atoms with Crippen LogP contribution in [0.15, 0.2) is 0 Å². The molecule has 0 saturated carbocycles. The van der Waals surface area contributed by atoms with Crippen molar-refractivity contribution in [1.29, 1.82) is 0 Å². The Kier molecular flexibility index (Phi) is 8.51. The van der Waals surface area contributed by atoms with Gasteiger partial charge in [-0.05, 0) is 0 Å². The molecular weight excluding hydrogens is 103 g/mol. The molecule has 0 nitrogen and oxygen atoms in total. The van der Waals surface area contributed by atoms with Gasteiger partial charge in [0, 0.05) is 0 Å². The van der Waals surface area contributed by atoms with Gasteiger partial charge in [-0.1, -0.05) is 0 Å². The minimum Gasteiger partial charge on any atom is -1.00 e. The Morgan fingerprint density at radius 2 is 1.00 bits per heavy atom. The summed E-state index contributed by atoms with van der Waals surface area (Å²) in [7, 11) is 0. The van der Waals surface area contributed by atoms with Crippen LogP contribution in [0.4, 0.5) is 0 Å². The second-order valence-electron chi connectivity index (χ2n) is 1.50. The molecule has 0 rings (SSSR count). The Labute approximate surface area is 38.8 Å². The quantitative estimate of drug-likeness (QED) is 0.343. The van der Waals surface area contributed by atoms with Crippen molar-refractivity contribution in [3.8, 4) is 0 Å². The van der Waals surface area contributed by atoms with Gasteiger partial charge in [-0.3, -0.25) is 0 Å². The maximum atomic E-state index is 2.33. The first-order valence-corrected chi connectivity index (χ1v) is 6.18. The summed E-state index contributed by atoms with van der Waals surface area (Å²) in [5, 5.41) is 7.00. The van der Waals surface area contributed by atoms with Crippen LogP contribution in [-0.2, 0) is 17.9 Å². The first-order valence-electron chi connectivity index (χ1n) is 1.50. The molecule has 0 amide bonds. The molecule has 0 fully saturated rings. The molecule has 2 heteroatoms. The Hall–Kier alpha value is 0.644. The van der Waals surface area contributed by atoms with E-state index in [0.29, 0.717) is 0 Å². The standard InChI is InChI=1S/3CH3.FH.Ti/h3*1H3;1H;/q;;;;+1/p-1. The zero-order chi connectivity index (χ0) is 3.58. The average Bonchev–Trinajstić information content (AvgIpc) is 0.811. The summed E-state index contributed by atoms with van der Waals surface area (Å²) in [5.41, 5.74) is 0. The predicted molar refractivity (Wildman–Crippen MR) is 17.6 cm³/mol. The van der Waals surface area contributed by atoms with E-state index < -0.39 is 0 Å². The molecule has 0 saturated heterocycles. The van der Waals surface area contributed by atoms with Crippen LogP contribution in [0.1, 0.15) is 0 Å². The average molecular weight is 112 g/mol. The Bertz CT molecular complexity index is 11.6. The molecule has 0 heterocycles. The van der Waals surface area contributed by atoms with Crippen LogP contribution in [0.25, 0.3) is 0 Å². The molecule has 0 radical (unpaired) electrons. The summed E-state index contributed by atoms with van der Waals surface area (Å²) in [4.78, 5) is 0. The third kappa shape index (κ3) is 78.2. The number of hydrogen-bond acceptors (Lipinski definition) is 0. The van der Waals surface area contributed by atoms with Crippen molar-refractivity contribution in [2.45, 2.75) is 15.7 Å². The maximum Gasteiger partial charge on any atom is -1.00 e. The third-order valence-electron chi connectivity index (χ3n) is 0. The van der Waals surface area contributed by atoms with Gasteiger partial charge >= 0.3 is 33.6 Å². The molecule has 0 aromatic carbocycles. The normalized spacial score (nSPS) is 5.40. The van der Waals surface area contributed by atoms with Gasteiger partial charge in [0.25, 0.3) is 0 Å². The second kappa shape index (κ2) is 4.64. The molecule has 0 aliphatic rings. The molecular formula is C3H9FTi. The summed E-state index contributed by atoms with van der Waals surface area (Å²) in [6.45, 7) is 0. The molecule has 0 aromatic rings. The molecule has 0 aliphatic heterocycles. The first-order chi connectivity index (χ1) is 1.73. The van der Waals surface area contributed by atoms with Crippen molar-refractivity contribution in [3.63, 3.8) is 0 Å². The molecule has 0 atom stereocenters. The molecule has 0 spiro atoms. The predicted octanol–water partition coefficient (Wildman–Crippen LogP) is -1.25. The molecule has 0 aromatic heterocycles. The monoisotopic (exact) mass is 112 g/mol. The minimum absolute atomic E-state index is 0. The van der Waals surface area contributed by atoms with E-state index >= 15 is 0 Å². The summed E-state index contributed by atoms with van der Waals surface area (Å²) in [6, 6.07) is 0. The van der Waals surface area contributed by atoms with Crippen molar-refractivity contribution >= 4 is 0 Å². The maximum absolute atomic E-state index is 2.33. The van der Waals surface area contributed by atoms with Crippen LogP contribution in [-0.4, -0.2) is 0 Å². The third-order valence-corrected chi connectivity index (χ3v) is 0. The van der Waals surface area contributed by atoms with Crippen LogP contribution in [0.5, 0.6) is 0 Å². The van der Waals surface area contributed by atoms with Crippen LogP contribution >= 0.6 is 0 Å². The van der Waals surface area contributed by atoms with E-state index in [9.17, 15) is 0 Å². The molecule has 0 aliphatic carbocycles. The summed E-state index contributed by atoms with van der Waals surface area (Å²) < 4.78 is 0. The Morgan fingerprint density at radius 1 is 1.00 bits per heavy atom. The van der Waals surface area contributed by atoms with Crippen LogP contribution in [0.2, 0.25) is 15.7 Å². The van der Waals surface area contributed by atoms with E-state index in [4.69, 9.17) is 0 Å². The number of halogens is 1. The Balaban J connectivity index is 0. The van der Waals surface area contributed by atoms with E-state index in [1.54, 1.807) is 0 Å². The van der Waals surface area contributed by atoms with E-state index in [2.05, 4.69) is 15.7 Å². The number of hydrogen-bond donors (Lipinski definition) is 0. The van der Waals surface area contributed by atoms with E-state index in [0.717, 1.165) is 0 Å². The van der Waals surface area contributed by atoms with Gasteiger partial charge in [-0.2, -0.15) is 0 Å². The fourth-order valence-electron chi connectivity index (χ4n) is 0. The first kappa shape index (κ1) is 9.17. The van der Waals surface area contributed by atoms with Gasteiger partial charge in [-0.25, -0.2) is 0 Å². The fourth-order valence-corrected chi connectivity index (χ4v) is 0. The minimum atomic E-state index is -0.333. The van der Waals surface area contributed by atoms with Gasteiger partial charge < -0.3 is 4.70 Å². The van der Waals surface area contributed by atoms with Crippen molar-refractivity contribution < 1.29 is 22.6 Å². The van der Waals surface area contributed by atoms with Crippen LogP contribution in [0, 0.1) is 0 Å². The fraction of sp³-hybridized carbons (Fsp3) is 1.00. The topological polar surface area (TPSA) is 0 Å². The van der Waals surface area contributed by atoms with Gasteiger partial charge in [-0.15, -0.1) is 0 Å². The van der Waals surface area contributed by atoms with Crippen LogP contribution in [0.3, 0.4) is 0 Å². The van der Waals surface area contributed by atoms with E-state index in [1.807, 2.05) is 0 Å². The summed E-state index contributed by atoms with van der Waals surface area (Å²) >= 11 is -0.333. The van der Waals surface area contributed by atoms with Crippen molar-refractivity contribution in [1.82, 2.24) is 0 Å². The van der Waals surface area contributed by atoms with Crippen molar-refractivity contribution in [2.24, 2.45) is 0 Å². The van der Waals surface area contributed by atoms with E-state index in [1.165, 1.54) is 0 Å². The smallest absolute Gasteiger partial charge is 1.00 e. The van der Waals surface area contributed by atoms with Crippen molar-refractivity contribution in [2.75, 3.05) is 0 Å². The van der Waals surface area contributed by atoms with Crippen LogP contribution < -0.4 is 4.70 Å². The summed E-state index contributed by atoms with van der Waals surface area (Å²) in [6.07, 6.45) is 0. The zero-order valence-corrected chi connectivity index (χ0v) is 5.44. The van der Waals surface area contributed by atoms with Gasteiger partial charge in [0.1, 0.15) is 0 Å². The molecule has 0 N–H and O–H groups in total. The molecule has 5 heavy (non-hydrogen) atoms. The molecule has 32 valence electrons. The van der Waals surface area contributed by atoms with Crippen molar-refractivity contribution in [3.05, 3.63) is 0 Å². The SMILES string of the molecule is [CH3][Ti+]([CH3])[CH3].[F-]. The number of rotatable bonds is 0. The van der Waals surface area contributed by atoms with Gasteiger partial charge in [0.05, 0.1) is 0 Å². The molecule has 0 bridgehead atoms. The van der Waals surface area contributed by atoms with Gasteiger partial charge in [0.15, 0.2) is 0 Å². The largest absolute Gasteiger partial charge is 1.00 e. The van der Waals surface area contributed by atoms with E-state index in [-0.39, 0.29) is 22.6 Å². The Morgan fingerprint density at radius 3 is 1.00 bits per heavy atom. The zero-order valence-electron chi connectivity index (χ0n) is 3.88. The molecule has 0 unspecified atom stereocenters. The summed E-state index contributed by atoms with van der Waals surface area (Å²) in [5.74, 6) is 0. The van der Waals surface area contributed by atoms with Gasteiger partial charge in [0.2, 0.25) is 0 Å².